The molecule has 1 fully saturated rings. The molecule has 0 aliphatic carbocycles. The van der Waals surface area contributed by atoms with Crippen LogP contribution in [-0.2, 0) is 14.3 Å². The van der Waals surface area contributed by atoms with E-state index >= 15 is 0 Å². The topological polar surface area (TPSA) is 35.5 Å². The molecule has 1 atom stereocenters. The molecule has 0 spiro atoms. The lowest BCUT2D eigenvalue weighted by Gasteiger charge is -2.08. The first-order chi connectivity index (χ1) is 4.83. The smallest absolute Gasteiger partial charge is 0.308 e. The molecule has 0 saturated carbocycles. The average molecular weight is 144 g/mol. The molecule has 1 rings (SSSR count). The van der Waals surface area contributed by atoms with E-state index in [-0.39, 0.29) is 12.1 Å². The summed E-state index contributed by atoms with van der Waals surface area (Å²) in [5.74, 6) is -0.135. The third kappa shape index (κ3) is 1.99. The molecule has 3 nitrogen and oxygen atoms in total. The summed E-state index contributed by atoms with van der Waals surface area (Å²) in [5.41, 5.74) is 0. The van der Waals surface area contributed by atoms with Gasteiger partial charge in [0.05, 0.1) is 19.1 Å². The quantitative estimate of drug-likeness (QED) is 0.509. The number of rotatable bonds is 1. The summed E-state index contributed by atoms with van der Waals surface area (Å²) in [4.78, 5) is 10.8. The van der Waals surface area contributed by atoms with Crippen molar-refractivity contribution in [1.82, 2.24) is 0 Å². The van der Waals surface area contributed by atoms with Gasteiger partial charge in [-0.1, -0.05) is 6.92 Å². The SMILES string of the molecule is CC[C@@H]1CC(=O)OCCO1. The van der Waals surface area contributed by atoms with Crippen molar-refractivity contribution >= 4 is 5.97 Å². The third-order valence-corrected chi connectivity index (χ3v) is 1.55. The molecule has 0 unspecified atom stereocenters. The van der Waals surface area contributed by atoms with Crippen molar-refractivity contribution in [2.24, 2.45) is 0 Å². The number of carbonyl (C=O) groups excluding carboxylic acids is 1. The minimum absolute atomic E-state index is 0.0787. The van der Waals surface area contributed by atoms with Crippen LogP contribution in [0.25, 0.3) is 0 Å². The van der Waals surface area contributed by atoms with Gasteiger partial charge in [-0.25, -0.2) is 0 Å². The highest BCUT2D eigenvalue weighted by Crippen LogP contribution is 2.07. The van der Waals surface area contributed by atoms with E-state index in [4.69, 9.17) is 9.47 Å². The van der Waals surface area contributed by atoms with Gasteiger partial charge in [0.2, 0.25) is 0 Å². The Balaban J connectivity index is 2.38. The molecule has 10 heavy (non-hydrogen) atoms. The lowest BCUT2D eigenvalue weighted by atomic mass is 10.2. The summed E-state index contributed by atoms with van der Waals surface area (Å²) >= 11 is 0. The predicted octanol–water partition coefficient (Wildman–Crippen LogP) is 0.728. The van der Waals surface area contributed by atoms with E-state index in [0.717, 1.165) is 6.42 Å². The highest BCUT2D eigenvalue weighted by molar-refractivity contribution is 5.70. The van der Waals surface area contributed by atoms with Crippen LogP contribution in [0, 0.1) is 0 Å². The van der Waals surface area contributed by atoms with Gasteiger partial charge in [-0.3, -0.25) is 4.79 Å². The van der Waals surface area contributed by atoms with E-state index in [0.29, 0.717) is 19.6 Å². The molecule has 1 saturated heterocycles. The highest BCUT2D eigenvalue weighted by Gasteiger charge is 2.16. The summed E-state index contributed by atoms with van der Waals surface area (Å²) in [6.07, 6.45) is 1.38. The minimum Gasteiger partial charge on any atom is -0.463 e. The second-order valence-corrected chi connectivity index (χ2v) is 2.33. The lowest BCUT2D eigenvalue weighted by Crippen LogP contribution is -2.13. The molecule has 1 aliphatic rings. The number of ether oxygens (including phenoxy) is 2. The molecule has 0 aromatic rings. The fourth-order valence-corrected chi connectivity index (χ4v) is 0.936. The van der Waals surface area contributed by atoms with Gasteiger partial charge in [0.15, 0.2) is 0 Å². The Kier molecular flexibility index (Phi) is 2.68. The summed E-state index contributed by atoms with van der Waals surface area (Å²) in [5, 5.41) is 0. The second-order valence-electron chi connectivity index (χ2n) is 2.33. The number of esters is 1. The molecule has 1 heterocycles. The fourth-order valence-electron chi connectivity index (χ4n) is 0.936. The molecular formula is C7H12O3. The summed E-state index contributed by atoms with van der Waals surface area (Å²) < 4.78 is 10.0. The van der Waals surface area contributed by atoms with Crippen molar-refractivity contribution in [2.75, 3.05) is 13.2 Å². The van der Waals surface area contributed by atoms with Crippen LogP contribution < -0.4 is 0 Å². The lowest BCUT2D eigenvalue weighted by molar-refractivity contribution is -0.142. The predicted molar refractivity (Wildman–Crippen MR) is 35.6 cm³/mol. The Morgan fingerprint density at radius 2 is 2.40 bits per heavy atom. The largest absolute Gasteiger partial charge is 0.463 e. The zero-order valence-electron chi connectivity index (χ0n) is 6.13. The van der Waals surface area contributed by atoms with Crippen LogP contribution in [0.2, 0.25) is 0 Å². The Bertz CT molecular complexity index is 122. The molecule has 0 aromatic heterocycles. The summed E-state index contributed by atoms with van der Waals surface area (Å²) in [6, 6.07) is 0. The van der Waals surface area contributed by atoms with Crippen molar-refractivity contribution < 1.29 is 14.3 Å². The second kappa shape index (κ2) is 3.56. The maximum absolute atomic E-state index is 10.8. The van der Waals surface area contributed by atoms with Crippen LogP contribution in [0.3, 0.4) is 0 Å². The van der Waals surface area contributed by atoms with Crippen LogP contribution >= 0.6 is 0 Å². The first-order valence-corrected chi connectivity index (χ1v) is 3.60. The number of cyclic esters (lactones) is 1. The van der Waals surface area contributed by atoms with Crippen molar-refractivity contribution in [3.63, 3.8) is 0 Å². The van der Waals surface area contributed by atoms with Crippen LogP contribution in [0.4, 0.5) is 0 Å². The first kappa shape index (κ1) is 7.54. The van der Waals surface area contributed by atoms with Gasteiger partial charge < -0.3 is 9.47 Å². The standard InChI is InChI=1S/C7H12O3/c1-2-6-5-7(8)10-4-3-9-6/h6H,2-5H2,1H3/t6-/m1/s1. The first-order valence-electron chi connectivity index (χ1n) is 3.60. The number of hydrogen-bond acceptors (Lipinski definition) is 3. The molecule has 0 N–H and O–H groups in total. The molecule has 0 radical (unpaired) electrons. The Hall–Kier alpha value is -0.570. The maximum Gasteiger partial charge on any atom is 0.308 e. The number of hydrogen-bond donors (Lipinski definition) is 0. The monoisotopic (exact) mass is 144 g/mol. The van der Waals surface area contributed by atoms with Crippen molar-refractivity contribution in [2.45, 2.75) is 25.9 Å². The third-order valence-electron chi connectivity index (χ3n) is 1.55. The zero-order chi connectivity index (χ0) is 7.40. The Morgan fingerprint density at radius 1 is 1.60 bits per heavy atom. The van der Waals surface area contributed by atoms with E-state index in [1.54, 1.807) is 0 Å². The maximum atomic E-state index is 10.8. The Labute approximate surface area is 60.3 Å². The van der Waals surface area contributed by atoms with Crippen LogP contribution in [0.1, 0.15) is 19.8 Å². The van der Waals surface area contributed by atoms with E-state index in [2.05, 4.69) is 0 Å². The minimum atomic E-state index is -0.135. The summed E-state index contributed by atoms with van der Waals surface area (Å²) in [6.45, 7) is 2.96. The van der Waals surface area contributed by atoms with E-state index in [1.165, 1.54) is 0 Å². The van der Waals surface area contributed by atoms with Gasteiger partial charge in [0, 0.05) is 0 Å². The van der Waals surface area contributed by atoms with E-state index in [1.807, 2.05) is 6.92 Å². The summed E-state index contributed by atoms with van der Waals surface area (Å²) in [7, 11) is 0. The Morgan fingerprint density at radius 3 is 3.10 bits per heavy atom. The normalized spacial score (nSPS) is 27.3. The molecule has 0 bridgehead atoms. The van der Waals surface area contributed by atoms with E-state index < -0.39 is 0 Å². The molecule has 0 amide bonds. The molecule has 0 aromatic carbocycles. The van der Waals surface area contributed by atoms with Crippen LogP contribution in [0.5, 0.6) is 0 Å². The van der Waals surface area contributed by atoms with Gasteiger partial charge in [0.25, 0.3) is 0 Å². The van der Waals surface area contributed by atoms with Gasteiger partial charge >= 0.3 is 5.97 Å². The van der Waals surface area contributed by atoms with Crippen molar-refractivity contribution in [3.05, 3.63) is 0 Å². The average Bonchev–Trinajstić information content (AvgIpc) is 2.13. The molecule has 58 valence electrons. The van der Waals surface area contributed by atoms with Crippen molar-refractivity contribution in [3.8, 4) is 0 Å². The molecular weight excluding hydrogens is 132 g/mol. The van der Waals surface area contributed by atoms with Gasteiger partial charge in [-0.2, -0.15) is 0 Å². The number of carbonyl (C=O) groups is 1. The molecule has 3 heteroatoms. The van der Waals surface area contributed by atoms with Crippen LogP contribution in [0.15, 0.2) is 0 Å². The fraction of sp³-hybridized carbons (Fsp3) is 0.857. The van der Waals surface area contributed by atoms with E-state index in [9.17, 15) is 4.79 Å². The highest BCUT2D eigenvalue weighted by atomic mass is 16.6. The molecule has 1 aliphatic heterocycles. The zero-order valence-corrected chi connectivity index (χ0v) is 6.13. The van der Waals surface area contributed by atoms with Crippen LogP contribution in [-0.4, -0.2) is 25.3 Å². The van der Waals surface area contributed by atoms with Crippen molar-refractivity contribution in [1.29, 1.82) is 0 Å². The van der Waals surface area contributed by atoms with Gasteiger partial charge in [-0.15, -0.1) is 0 Å². The van der Waals surface area contributed by atoms with Gasteiger partial charge in [0.1, 0.15) is 6.61 Å². The van der Waals surface area contributed by atoms with Gasteiger partial charge in [-0.05, 0) is 6.42 Å².